The summed E-state index contributed by atoms with van der Waals surface area (Å²) in [7, 11) is 0. The monoisotopic (exact) mass is 454 g/mol. The first-order valence-electron chi connectivity index (χ1n) is 8.33. The van der Waals surface area contributed by atoms with Crippen LogP contribution in [0.4, 0.5) is 0 Å². The van der Waals surface area contributed by atoms with E-state index >= 15 is 0 Å². The highest BCUT2D eigenvalue weighted by Crippen LogP contribution is 2.37. The van der Waals surface area contributed by atoms with Crippen molar-refractivity contribution in [3.63, 3.8) is 0 Å². The number of benzene rings is 1. The number of aliphatic hydroxyl groups excluding tert-OH is 2. The van der Waals surface area contributed by atoms with E-state index in [1.165, 1.54) is 0 Å². The Kier molecular flexibility index (Phi) is 8.39. The molecule has 1 aromatic rings. The van der Waals surface area contributed by atoms with Crippen LogP contribution in [0, 0.1) is 0 Å². The van der Waals surface area contributed by atoms with E-state index in [1.807, 2.05) is 30.3 Å². The number of hydrogen-bond acceptors (Lipinski definition) is 7. The van der Waals surface area contributed by atoms with E-state index in [1.54, 1.807) is 0 Å². The number of hydrogen-bond donors (Lipinski definition) is 2. The zero-order valence-corrected chi connectivity index (χ0v) is 17.2. The van der Waals surface area contributed by atoms with Crippen LogP contribution in [-0.2, 0) is 30.3 Å². The predicted molar refractivity (Wildman–Crippen MR) is 103 cm³/mol. The third-order valence-corrected chi connectivity index (χ3v) is 4.55. The second kappa shape index (κ2) is 10.1. The van der Waals surface area contributed by atoms with Crippen LogP contribution in [0.1, 0.15) is 12.5 Å². The molecular formula is C18H21Cl3O7. The van der Waals surface area contributed by atoms with Crippen LogP contribution in [0.15, 0.2) is 42.7 Å². The lowest BCUT2D eigenvalue weighted by Crippen LogP contribution is -2.60. The molecule has 0 aromatic heterocycles. The summed E-state index contributed by atoms with van der Waals surface area (Å²) >= 11 is 17.1. The van der Waals surface area contributed by atoms with E-state index in [2.05, 4.69) is 6.58 Å². The van der Waals surface area contributed by atoms with Gasteiger partial charge in [-0.2, -0.15) is 0 Å². The Labute approximate surface area is 177 Å². The average Bonchev–Trinajstić information content (AvgIpc) is 2.62. The Morgan fingerprint density at radius 1 is 1.18 bits per heavy atom. The summed E-state index contributed by atoms with van der Waals surface area (Å²) in [6.45, 7) is 4.82. The molecule has 1 aromatic carbocycles. The molecule has 10 heteroatoms. The molecule has 1 fully saturated rings. The number of carbonyl (C=O) groups is 1. The second-order valence-corrected chi connectivity index (χ2v) is 8.42. The Morgan fingerprint density at radius 2 is 1.82 bits per heavy atom. The number of alkyl halides is 3. The lowest BCUT2D eigenvalue weighted by molar-refractivity contribution is -0.297. The van der Waals surface area contributed by atoms with Gasteiger partial charge in [-0.05, 0) is 5.56 Å². The first kappa shape index (κ1) is 23.2. The van der Waals surface area contributed by atoms with Crippen LogP contribution < -0.4 is 0 Å². The summed E-state index contributed by atoms with van der Waals surface area (Å²) in [5.41, 5.74) is 0.920. The smallest absolute Gasteiger partial charge is 0.303 e. The fraction of sp³-hybridized carbons (Fsp3) is 0.500. The lowest BCUT2D eigenvalue weighted by Gasteiger charge is -2.42. The van der Waals surface area contributed by atoms with Gasteiger partial charge in [0.05, 0.1) is 13.2 Å². The number of ether oxygens (including phenoxy) is 4. The Bertz CT molecular complexity index is 665. The molecule has 1 saturated heterocycles. The van der Waals surface area contributed by atoms with Crippen LogP contribution in [0.2, 0.25) is 0 Å². The van der Waals surface area contributed by atoms with Crippen molar-refractivity contribution in [3.05, 3.63) is 48.2 Å². The van der Waals surface area contributed by atoms with Crippen molar-refractivity contribution in [3.8, 4) is 0 Å². The maximum absolute atomic E-state index is 11.4. The van der Waals surface area contributed by atoms with Gasteiger partial charge in [-0.25, -0.2) is 0 Å². The van der Waals surface area contributed by atoms with Crippen LogP contribution in [0.25, 0.3) is 0 Å². The van der Waals surface area contributed by atoms with E-state index in [0.717, 1.165) is 12.5 Å². The molecule has 0 amide bonds. The largest absolute Gasteiger partial charge is 0.461 e. The lowest BCUT2D eigenvalue weighted by atomic mass is 9.99. The van der Waals surface area contributed by atoms with Crippen LogP contribution in [0.3, 0.4) is 0 Å². The predicted octanol–water partition coefficient (Wildman–Crippen LogP) is 2.48. The number of esters is 1. The summed E-state index contributed by atoms with van der Waals surface area (Å²) in [5, 5.41) is 20.7. The molecule has 1 aliphatic heterocycles. The van der Waals surface area contributed by atoms with Crippen LogP contribution in [0.5, 0.6) is 0 Å². The van der Waals surface area contributed by atoms with Crippen molar-refractivity contribution in [2.75, 3.05) is 6.61 Å². The van der Waals surface area contributed by atoms with E-state index in [0.29, 0.717) is 0 Å². The van der Waals surface area contributed by atoms with Crippen molar-refractivity contribution in [2.45, 2.75) is 48.0 Å². The van der Waals surface area contributed by atoms with Gasteiger partial charge in [-0.3, -0.25) is 4.79 Å². The number of carbonyl (C=O) groups excluding carboxylic acids is 1. The molecule has 156 valence electrons. The molecular weight excluding hydrogens is 435 g/mol. The van der Waals surface area contributed by atoms with Gasteiger partial charge in [0.1, 0.15) is 24.1 Å². The van der Waals surface area contributed by atoms with Gasteiger partial charge in [-0.15, -0.1) is 0 Å². The molecule has 0 saturated carbocycles. The molecule has 7 nitrogen and oxygen atoms in total. The van der Waals surface area contributed by atoms with Crippen LogP contribution >= 0.6 is 34.8 Å². The normalized spacial score (nSPS) is 27.9. The van der Waals surface area contributed by atoms with Crippen LogP contribution in [-0.4, -0.2) is 57.3 Å². The summed E-state index contributed by atoms with van der Waals surface area (Å²) in [5.74, 6) is -1.01. The molecule has 5 unspecified atom stereocenters. The van der Waals surface area contributed by atoms with Gasteiger partial charge >= 0.3 is 5.97 Å². The third kappa shape index (κ3) is 6.49. The fourth-order valence-corrected chi connectivity index (χ4v) is 2.66. The zero-order valence-electron chi connectivity index (χ0n) is 15.0. The minimum Gasteiger partial charge on any atom is -0.461 e. The first-order chi connectivity index (χ1) is 13.1. The molecule has 0 aliphatic carbocycles. The van der Waals surface area contributed by atoms with Crippen molar-refractivity contribution in [1.82, 2.24) is 0 Å². The van der Waals surface area contributed by atoms with Crippen molar-refractivity contribution >= 4 is 40.8 Å². The van der Waals surface area contributed by atoms with E-state index in [9.17, 15) is 15.0 Å². The summed E-state index contributed by atoms with van der Waals surface area (Å²) < 4.78 is 19.6. The van der Waals surface area contributed by atoms with Gasteiger partial charge in [0.15, 0.2) is 6.10 Å². The number of allylic oxidation sites excluding steroid dienone is 1. The van der Waals surface area contributed by atoms with E-state index < -0.39 is 40.5 Å². The van der Waals surface area contributed by atoms with Crippen molar-refractivity contribution < 1.29 is 34.0 Å². The Morgan fingerprint density at radius 3 is 2.39 bits per heavy atom. The van der Waals surface area contributed by atoms with Crippen molar-refractivity contribution in [2.24, 2.45) is 0 Å². The van der Waals surface area contributed by atoms with E-state index in [4.69, 9.17) is 53.8 Å². The summed E-state index contributed by atoms with van der Waals surface area (Å²) in [6, 6.07) is 9.36. The molecule has 0 radical (unpaired) electrons. The molecule has 1 aliphatic rings. The third-order valence-electron chi connectivity index (χ3n) is 3.91. The highest BCUT2D eigenvalue weighted by atomic mass is 35.6. The fourth-order valence-electron chi connectivity index (χ4n) is 2.53. The summed E-state index contributed by atoms with van der Waals surface area (Å²) in [4.78, 5) is 11.4. The van der Waals surface area contributed by atoms with Gasteiger partial charge < -0.3 is 29.2 Å². The van der Waals surface area contributed by atoms with Gasteiger partial charge in [0.25, 0.3) is 0 Å². The minimum absolute atomic E-state index is 0.0694. The number of halogens is 3. The summed E-state index contributed by atoms with van der Waals surface area (Å²) in [6.07, 6.45) is -6.63. The Hall–Kier alpha value is -1.06. The highest BCUT2D eigenvalue weighted by Gasteiger charge is 2.48. The van der Waals surface area contributed by atoms with Gasteiger partial charge in [-0.1, -0.05) is 71.7 Å². The zero-order chi connectivity index (χ0) is 20.9. The SMILES string of the molecule is C=C(OC1OC(COCc2ccccc2)C(O)C(O)C1OC(C)=O)C(Cl)(Cl)Cl. The second-order valence-electron chi connectivity index (χ2n) is 6.14. The van der Waals surface area contributed by atoms with Crippen molar-refractivity contribution in [1.29, 1.82) is 0 Å². The maximum atomic E-state index is 11.4. The molecule has 2 N–H and O–H groups in total. The van der Waals surface area contributed by atoms with Gasteiger partial charge in [0, 0.05) is 6.92 Å². The maximum Gasteiger partial charge on any atom is 0.303 e. The molecule has 28 heavy (non-hydrogen) atoms. The molecule has 1 heterocycles. The number of aliphatic hydroxyl groups is 2. The molecule has 0 bridgehead atoms. The van der Waals surface area contributed by atoms with E-state index in [-0.39, 0.29) is 19.0 Å². The molecule has 5 atom stereocenters. The number of rotatable bonds is 7. The molecule has 2 rings (SSSR count). The quantitative estimate of drug-likeness (QED) is 0.370. The molecule has 0 spiro atoms. The standard InChI is InChI=1S/C18H21Cl3O7/c1-10(18(19,20)21)26-17-16(27-11(2)22)15(24)14(23)13(28-17)9-25-8-12-6-4-3-5-7-12/h3-7,13-17,23-24H,1,8-9H2,2H3. The average molecular weight is 456 g/mol. The highest BCUT2D eigenvalue weighted by molar-refractivity contribution is 6.69. The van der Waals surface area contributed by atoms with Gasteiger partial charge in [0.2, 0.25) is 10.1 Å². The minimum atomic E-state index is -1.97. The topological polar surface area (TPSA) is 94.5 Å². The first-order valence-corrected chi connectivity index (χ1v) is 9.46. The Balaban J connectivity index is 2.06.